The van der Waals surface area contributed by atoms with Crippen LogP contribution < -0.4 is 5.32 Å². The lowest BCUT2D eigenvalue weighted by molar-refractivity contribution is 0.402. The quantitative estimate of drug-likeness (QED) is 0.738. The Hall–Kier alpha value is -0.830. The van der Waals surface area contributed by atoms with Crippen molar-refractivity contribution in [2.45, 2.75) is 53.4 Å². The molecular formula is C13H26N2O. The molecule has 1 N–H and O–H groups in total. The molecule has 1 aliphatic rings. The second kappa shape index (κ2) is 7.44. The largest absolute Gasteiger partial charge is 0.364 e. The molecule has 0 radical (unpaired) electrons. The van der Waals surface area contributed by atoms with Gasteiger partial charge in [-0.2, -0.15) is 0 Å². The van der Waals surface area contributed by atoms with Gasteiger partial charge in [0, 0.05) is 30.5 Å². The molecule has 1 aromatic rings. The molecule has 2 heterocycles. The Morgan fingerprint density at radius 3 is 2.50 bits per heavy atom. The summed E-state index contributed by atoms with van der Waals surface area (Å²) in [7, 11) is 0. The lowest BCUT2D eigenvalue weighted by atomic mass is 9.85. The summed E-state index contributed by atoms with van der Waals surface area (Å²) >= 11 is 0. The Morgan fingerprint density at radius 2 is 1.88 bits per heavy atom. The monoisotopic (exact) mass is 226 g/mol. The van der Waals surface area contributed by atoms with Crippen LogP contribution in [0.1, 0.15) is 52.8 Å². The first-order chi connectivity index (χ1) is 7.70. The average Bonchev–Trinajstić information content (AvgIpc) is 2.74. The molecule has 94 valence electrons. The minimum Gasteiger partial charge on any atom is -0.364 e. The number of rotatable bonds is 0. The van der Waals surface area contributed by atoms with Crippen LogP contribution in [-0.2, 0) is 11.8 Å². The number of aromatic nitrogens is 1. The van der Waals surface area contributed by atoms with Crippen LogP contribution in [0, 0.1) is 0 Å². The topological polar surface area (TPSA) is 38.1 Å². The van der Waals surface area contributed by atoms with Crippen molar-refractivity contribution in [2.75, 3.05) is 13.1 Å². The molecule has 16 heavy (non-hydrogen) atoms. The fourth-order valence-corrected chi connectivity index (χ4v) is 1.69. The molecule has 0 saturated carbocycles. The van der Waals surface area contributed by atoms with Gasteiger partial charge in [0.1, 0.15) is 6.26 Å². The summed E-state index contributed by atoms with van der Waals surface area (Å²) in [5, 5.41) is 7.39. The van der Waals surface area contributed by atoms with Crippen LogP contribution in [-0.4, -0.2) is 18.2 Å². The highest BCUT2D eigenvalue weighted by molar-refractivity contribution is 5.26. The zero-order valence-corrected chi connectivity index (χ0v) is 11.6. The van der Waals surface area contributed by atoms with Crippen molar-refractivity contribution in [3.05, 3.63) is 17.5 Å². The Labute approximate surface area is 99.6 Å². The van der Waals surface area contributed by atoms with E-state index in [1.165, 1.54) is 5.56 Å². The zero-order chi connectivity index (χ0) is 12.6. The van der Waals surface area contributed by atoms with Crippen LogP contribution in [0.5, 0.6) is 0 Å². The standard InChI is InChI=1S/C9H14N2O.2C2H6/c1-9(2)6-10-4-3-8-7(9)5-12-11-8;2*1-2/h5,10H,3-4,6H2,1-2H3;2*1-2H3. The SMILES string of the molecule is CC.CC.CC1(C)CNCCc2nocc21. The van der Waals surface area contributed by atoms with Crippen LogP contribution in [0.2, 0.25) is 0 Å². The fourth-order valence-electron chi connectivity index (χ4n) is 1.69. The predicted molar refractivity (Wildman–Crippen MR) is 68.8 cm³/mol. The maximum atomic E-state index is 4.98. The molecule has 0 atom stereocenters. The highest BCUT2D eigenvalue weighted by Crippen LogP contribution is 2.27. The third-order valence-electron chi connectivity index (χ3n) is 2.48. The molecule has 0 amide bonds. The predicted octanol–water partition coefficient (Wildman–Crippen LogP) is 3.15. The maximum Gasteiger partial charge on any atom is 0.127 e. The smallest absolute Gasteiger partial charge is 0.127 e. The molecule has 2 rings (SSSR count). The lowest BCUT2D eigenvalue weighted by Gasteiger charge is -2.21. The van der Waals surface area contributed by atoms with Crippen molar-refractivity contribution in [1.82, 2.24) is 10.5 Å². The van der Waals surface area contributed by atoms with Gasteiger partial charge in [-0.15, -0.1) is 0 Å². The minimum atomic E-state index is 0.159. The number of fused-ring (bicyclic) bond motifs is 1. The van der Waals surface area contributed by atoms with E-state index in [2.05, 4.69) is 24.3 Å². The summed E-state index contributed by atoms with van der Waals surface area (Å²) in [4.78, 5) is 0. The summed E-state index contributed by atoms with van der Waals surface area (Å²) in [5.41, 5.74) is 2.53. The van der Waals surface area contributed by atoms with E-state index >= 15 is 0 Å². The van der Waals surface area contributed by atoms with Crippen molar-refractivity contribution in [1.29, 1.82) is 0 Å². The molecule has 0 saturated heterocycles. The number of nitrogens with zero attached hydrogens (tertiary/aromatic N) is 1. The van der Waals surface area contributed by atoms with E-state index in [-0.39, 0.29) is 5.41 Å². The molecular weight excluding hydrogens is 200 g/mol. The summed E-state index contributed by atoms with van der Waals surface area (Å²) in [6, 6.07) is 0. The van der Waals surface area contributed by atoms with Crippen LogP contribution in [0.15, 0.2) is 10.8 Å². The Balaban J connectivity index is 0.000000509. The van der Waals surface area contributed by atoms with Gasteiger partial charge in [0.05, 0.1) is 5.69 Å². The molecule has 1 aliphatic heterocycles. The van der Waals surface area contributed by atoms with E-state index in [1.54, 1.807) is 6.26 Å². The zero-order valence-electron chi connectivity index (χ0n) is 11.6. The Kier molecular flexibility index (Phi) is 7.06. The van der Waals surface area contributed by atoms with Crippen LogP contribution in [0.4, 0.5) is 0 Å². The maximum absolute atomic E-state index is 4.98. The second-order valence-corrected chi connectivity index (χ2v) is 3.99. The van der Waals surface area contributed by atoms with Crippen LogP contribution >= 0.6 is 0 Å². The average molecular weight is 226 g/mol. The van der Waals surface area contributed by atoms with Gasteiger partial charge >= 0.3 is 0 Å². The molecule has 0 aromatic carbocycles. The summed E-state index contributed by atoms with van der Waals surface area (Å²) in [6.07, 6.45) is 2.76. The van der Waals surface area contributed by atoms with E-state index in [0.29, 0.717) is 0 Å². The van der Waals surface area contributed by atoms with Gasteiger partial charge in [0.25, 0.3) is 0 Å². The first kappa shape index (κ1) is 15.2. The molecule has 0 fully saturated rings. The van der Waals surface area contributed by atoms with E-state index < -0.39 is 0 Å². The first-order valence-electron chi connectivity index (χ1n) is 6.34. The normalized spacial score (nSPS) is 16.9. The highest BCUT2D eigenvalue weighted by atomic mass is 16.5. The fraction of sp³-hybridized carbons (Fsp3) is 0.769. The van der Waals surface area contributed by atoms with Gasteiger partial charge in [0.15, 0.2) is 0 Å². The van der Waals surface area contributed by atoms with Crippen molar-refractivity contribution in [2.24, 2.45) is 0 Å². The second-order valence-electron chi connectivity index (χ2n) is 3.99. The van der Waals surface area contributed by atoms with E-state index in [9.17, 15) is 0 Å². The summed E-state index contributed by atoms with van der Waals surface area (Å²) < 4.78 is 4.98. The van der Waals surface area contributed by atoms with E-state index in [1.807, 2.05) is 27.7 Å². The first-order valence-corrected chi connectivity index (χ1v) is 6.34. The molecule has 0 bridgehead atoms. The lowest BCUT2D eigenvalue weighted by Crippen LogP contribution is -2.31. The minimum absolute atomic E-state index is 0.159. The number of hydrogen-bond donors (Lipinski definition) is 1. The van der Waals surface area contributed by atoms with Crippen molar-refractivity contribution in [3.8, 4) is 0 Å². The van der Waals surface area contributed by atoms with Gasteiger partial charge in [-0.05, 0) is 0 Å². The highest BCUT2D eigenvalue weighted by Gasteiger charge is 2.28. The van der Waals surface area contributed by atoms with Gasteiger partial charge in [-0.1, -0.05) is 46.7 Å². The molecule has 0 spiro atoms. The number of nitrogens with one attached hydrogen (secondary N) is 1. The van der Waals surface area contributed by atoms with Gasteiger partial charge in [0.2, 0.25) is 0 Å². The van der Waals surface area contributed by atoms with E-state index in [4.69, 9.17) is 4.52 Å². The molecule has 0 aliphatic carbocycles. The van der Waals surface area contributed by atoms with Crippen molar-refractivity contribution in [3.63, 3.8) is 0 Å². The van der Waals surface area contributed by atoms with Gasteiger partial charge < -0.3 is 9.84 Å². The van der Waals surface area contributed by atoms with Gasteiger partial charge in [-0.25, -0.2) is 0 Å². The molecule has 0 unspecified atom stereocenters. The molecule has 3 nitrogen and oxygen atoms in total. The molecule has 3 heteroatoms. The number of hydrogen-bond acceptors (Lipinski definition) is 3. The van der Waals surface area contributed by atoms with Crippen molar-refractivity contribution >= 4 is 0 Å². The van der Waals surface area contributed by atoms with E-state index in [0.717, 1.165) is 25.2 Å². The van der Waals surface area contributed by atoms with Crippen molar-refractivity contribution < 1.29 is 4.52 Å². The van der Waals surface area contributed by atoms with Crippen LogP contribution in [0.25, 0.3) is 0 Å². The summed E-state index contributed by atoms with van der Waals surface area (Å²) in [6.45, 7) is 14.4. The third-order valence-corrected chi connectivity index (χ3v) is 2.48. The Morgan fingerprint density at radius 1 is 1.25 bits per heavy atom. The third kappa shape index (κ3) is 3.63. The summed E-state index contributed by atoms with van der Waals surface area (Å²) in [5.74, 6) is 0. The van der Waals surface area contributed by atoms with Gasteiger partial charge in [-0.3, -0.25) is 0 Å². The Bertz CT molecular complexity index is 279. The molecule has 1 aromatic heterocycles. The van der Waals surface area contributed by atoms with Crippen LogP contribution in [0.3, 0.4) is 0 Å².